The molecule has 0 saturated carbocycles. The highest BCUT2D eigenvalue weighted by Crippen LogP contribution is 2.19. The van der Waals surface area contributed by atoms with Crippen molar-refractivity contribution in [3.63, 3.8) is 0 Å². The third-order valence-electron chi connectivity index (χ3n) is 17.3. The topological polar surface area (TPSA) is 95.9 Å². The maximum atomic E-state index is 12.5. The van der Waals surface area contributed by atoms with Gasteiger partial charge in [-0.25, -0.2) is 0 Å². The summed E-state index contributed by atoms with van der Waals surface area (Å²) in [5, 5.41) is 23.3. The minimum absolute atomic E-state index is 0.00299. The van der Waals surface area contributed by atoms with Gasteiger partial charge in [-0.05, 0) is 89.9 Å². The zero-order valence-corrected chi connectivity index (χ0v) is 55.9. The van der Waals surface area contributed by atoms with E-state index >= 15 is 0 Å². The number of esters is 1. The summed E-state index contributed by atoms with van der Waals surface area (Å²) in [6.45, 7) is 4.92. The molecule has 3 N–H and O–H groups in total. The molecule has 6 heteroatoms. The average molecular weight is 1170 g/mol. The molecule has 0 bridgehead atoms. The van der Waals surface area contributed by atoms with Crippen molar-refractivity contribution in [2.45, 2.75) is 418 Å². The molecule has 0 fully saturated rings. The lowest BCUT2D eigenvalue weighted by molar-refractivity contribution is -0.143. The minimum atomic E-state index is -0.846. The SMILES string of the molecule is CCCCCC/C=C\C/C=C\CCCCCCCC(=O)OCCCCCCCCCCCCCC/C=C\CCCCCCCCCCCCCCCC(=O)NC(CO)C(O)/C=C/CCCCCCCCCCCCCCCCCCCCC. The largest absolute Gasteiger partial charge is 0.466 e. The number of aliphatic hydroxyl groups excluding tert-OH is 2. The van der Waals surface area contributed by atoms with Crippen molar-refractivity contribution in [1.82, 2.24) is 5.32 Å². The molecule has 0 aliphatic carbocycles. The van der Waals surface area contributed by atoms with Gasteiger partial charge in [0.05, 0.1) is 25.4 Å². The molecule has 0 radical (unpaired) electrons. The van der Waals surface area contributed by atoms with Gasteiger partial charge in [0.1, 0.15) is 0 Å². The quantitative estimate of drug-likeness (QED) is 0.0320. The Bertz CT molecular complexity index is 1390. The lowest BCUT2D eigenvalue weighted by Gasteiger charge is -2.20. The monoisotopic (exact) mass is 1160 g/mol. The van der Waals surface area contributed by atoms with Crippen molar-refractivity contribution in [1.29, 1.82) is 0 Å². The highest BCUT2D eigenvalue weighted by Gasteiger charge is 2.18. The van der Waals surface area contributed by atoms with E-state index < -0.39 is 12.1 Å². The summed E-state index contributed by atoms with van der Waals surface area (Å²) >= 11 is 0. The number of aliphatic hydroxyl groups is 2. The van der Waals surface area contributed by atoms with Gasteiger partial charge in [0, 0.05) is 12.8 Å². The van der Waals surface area contributed by atoms with E-state index in [9.17, 15) is 19.8 Å². The van der Waals surface area contributed by atoms with Crippen molar-refractivity contribution >= 4 is 11.9 Å². The molecule has 0 aromatic carbocycles. The molecule has 0 aromatic rings. The fraction of sp³-hybridized carbons (Fsp3) is 0.870. The van der Waals surface area contributed by atoms with Gasteiger partial charge in [0.15, 0.2) is 0 Å². The molecule has 0 aliphatic heterocycles. The van der Waals surface area contributed by atoms with Crippen LogP contribution in [-0.4, -0.2) is 47.4 Å². The Labute approximate surface area is 518 Å². The van der Waals surface area contributed by atoms with Crippen LogP contribution in [0.5, 0.6) is 0 Å². The fourth-order valence-electron chi connectivity index (χ4n) is 11.6. The number of amides is 1. The van der Waals surface area contributed by atoms with Crippen LogP contribution in [0.4, 0.5) is 0 Å². The van der Waals surface area contributed by atoms with Crippen LogP contribution in [0.1, 0.15) is 406 Å². The number of hydrogen-bond acceptors (Lipinski definition) is 5. The first kappa shape index (κ1) is 80.8. The van der Waals surface area contributed by atoms with Crippen molar-refractivity contribution in [3.05, 3.63) is 48.6 Å². The number of unbranched alkanes of at least 4 members (excludes halogenated alkanes) is 53. The fourth-order valence-corrected chi connectivity index (χ4v) is 11.6. The van der Waals surface area contributed by atoms with Crippen LogP contribution in [-0.2, 0) is 14.3 Å². The number of carbonyl (C=O) groups is 2. The minimum Gasteiger partial charge on any atom is -0.466 e. The number of carbonyl (C=O) groups excluding carboxylic acids is 2. The average Bonchev–Trinajstić information content (AvgIpc) is 3.48. The first-order valence-corrected chi connectivity index (χ1v) is 37.4. The molecule has 83 heavy (non-hydrogen) atoms. The van der Waals surface area contributed by atoms with E-state index in [2.05, 4.69) is 55.6 Å². The summed E-state index contributed by atoms with van der Waals surface area (Å²) in [7, 11) is 0. The predicted octanol–water partition coefficient (Wildman–Crippen LogP) is 24.4. The lowest BCUT2D eigenvalue weighted by Crippen LogP contribution is -2.45. The van der Waals surface area contributed by atoms with Gasteiger partial charge >= 0.3 is 5.97 Å². The zero-order valence-electron chi connectivity index (χ0n) is 55.9. The second-order valence-corrected chi connectivity index (χ2v) is 25.6. The van der Waals surface area contributed by atoms with E-state index in [4.69, 9.17) is 4.74 Å². The molecule has 488 valence electrons. The van der Waals surface area contributed by atoms with Crippen molar-refractivity contribution in [2.75, 3.05) is 13.2 Å². The predicted molar refractivity (Wildman–Crippen MR) is 366 cm³/mol. The first-order valence-electron chi connectivity index (χ1n) is 37.4. The van der Waals surface area contributed by atoms with Gasteiger partial charge in [-0.3, -0.25) is 9.59 Å². The summed E-state index contributed by atoms with van der Waals surface area (Å²) in [6.07, 6.45) is 94.9. The van der Waals surface area contributed by atoms with Gasteiger partial charge in [-0.1, -0.05) is 351 Å². The lowest BCUT2D eigenvalue weighted by atomic mass is 10.0. The van der Waals surface area contributed by atoms with Crippen molar-refractivity contribution < 1.29 is 24.5 Å². The molecule has 2 unspecified atom stereocenters. The van der Waals surface area contributed by atoms with Gasteiger partial charge in [-0.15, -0.1) is 0 Å². The second kappa shape index (κ2) is 72.3. The van der Waals surface area contributed by atoms with Crippen LogP contribution in [0, 0.1) is 0 Å². The molecule has 0 aromatic heterocycles. The molecule has 1 amide bonds. The number of allylic oxidation sites excluding steroid dienone is 7. The van der Waals surface area contributed by atoms with Gasteiger partial charge in [-0.2, -0.15) is 0 Å². The molecule has 0 saturated heterocycles. The van der Waals surface area contributed by atoms with Crippen LogP contribution >= 0.6 is 0 Å². The number of ether oxygens (including phenoxy) is 1. The Morgan fingerprint density at radius 2 is 0.602 bits per heavy atom. The summed E-state index contributed by atoms with van der Waals surface area (Å²) < 4.78 is 5.49. The maximum Gasteiger partial charge on any atom is 0.305 e. The number of hydrogen-bond donors (Lipinski definition) is 3. The number of rotatable bonds is 70. The van der Waals surface area contributed by atoms with Crippen LogP contribution in [0.2, 0.25) is 0 Å². The maximum absolute atomic E-state index is 12.5. The van der Waals surface area contributed by atoms with Crippen LogP contribution in [0.3, 0.4) is 0 Å². The summed E-state index contributed by atoms with van der Waals surface area (Å²) in [4.78, 5) is 24.6. The second-order valence-electron chi connectivity index (χ2n) is 25.6. The highest BCUT2D eigenvalue weighted by molar-refractivity contribution is 5.76. The molecule has 2 atom stereocenters. The van der Waals surface area contributed by atoms with E-state index in [1.54, 1.807) is 6.08 Å². The van der Waals surface area contributed by atoms with Gasteiger partial charge < -0.3 is 20.3 Å². The molecular formula is C77H145NO5. The van der Waals surface area contributed by atoms with Crippen molar-refractivity contribution in [2.24, 2.45) is 0 Å². The Morgan fingerprint density at radius 3 is 0.940 bits per heavy atom. The molecule has 0 spiro atoms. The van der Waals surface area contributed by atoms with E-state index in [-0.39, 0.29) is 18.5 Å². The third-order valence-corrected chi connectivity index (χ3v) is 17.3. The van der Waals surface area contributed by atoms with Gasteiger partial charge in [0.2, 0.25) is 5.91 Å². The van der Waals surface area contributed by atoms with E-state index in [0.29, 0.717) is 19.4 Å². The molecule has 6 nitrogen and oxygen atoms in total. The Kier molecular flexibility index (Phi) is 70.4. The Hall–Kier alpha value is -2.18. The summed E-state index contributed by atoms with van der Waals surface area (Å²) in [5.74, 6) is -0.0607. The summed E-state index contributed by atoms with van der Waals surface area (Å²) in [5.41, 5.74) is 0. The van der Waals surface area contributed by atoms with Gasteiger partial charge in [0.25, 0.3) is 0 Å². The van der Waals surface area contributed by atoms with E-state index in [0.717, 1.165) is 51.4 Å². The van der Waals surface area contributed by atoms with Crippen LogP contribution < -0.4 is 5.32 Å². The zero-order chi connectivity index (χ0) is 59.9. The smallest absolute Gasteiger partial charge is 0.305 e. The van der Waals surface area contributed by atoms with E-state index in [1.165, 1.54) is 327 Å². The Morgan fingerprint density at radius 1 is 0.337 bits per heavy atom. The normalized spacial score (nSPS) is 12.8. The highest BCUT2D eigenvalue weighted by atomic mass is 16.5. The molecular weight excluding hydrogens is 1020 g/mol. The number of nitrogens with one attached hydrogen (secondary N) is 1. The third kappa shape index (κ3) is 68.8. The van der Waals surface area contributed by atoms with Crippen molar-refractivity contribution in [3.8, 4) is 0 Å². The van der Waals surface area contributed by atoms with Crippen LogP contribution in [0.25, 0.3) is 0 Å². The van der Waals surface area contributed by atoms with Crippen LogP contribution in [0.15, 0.2) is 48.6 Å². The standard InChI is InChI=1S/C77H145NO5/c1-3-5-7-9-11-13-15-17-19-21-22-32-35-38-41-45-49-53-57-61-65-69-75(80)74(73-79)78-76(81)70-66-62-58-54-50-46-42-39-36-33-30-28-26-24-23-25-27-29-31-34-37-40-44-48-52-56-60-64-68-72-83-77(82)71-67-63-59-55-51-47-43-20-18-16-14-12-10-8-6-4-2/h14,16,20,23,25,43,65,69,74-75,79-80H,3-13,15,17-19,21-22,24,26-42,44-64,66-68,70-73H2,1-2H3,(H,78,81)/b16-14-,25-23-,43-20-,69-65+. The van der Waals surface area contributed by atoms with E-state index in [1.807, 2.05) is 6.08 Å². The summed E-state index contributed by atoms with van der Waals surface area (Å²) in [6, 6.07) is -0.629. The first-order chi connectivity index (χ1) is 41.0. The molecule has 0 rings (SSSR count). The molecule has 0 heterocycles. The Balaban J connectivity index is 3.40. The molecule has 0 aliphatic rings.